The van der Waals surface area contributed by atoms with E-state index in [1.54, 1.807) is 24.3 Å². The van der Waals surface area contributed by atoms with Gasteiger partial charge in [-0.2, -0.15) is 0 Å². The van der Waals surface area contributed by atoms with Crippen molar-refractivity contribution in [1.29, 1.82) is 0 Å². The maximum atomic E-state index is 12.8. The molecule has 5 nitrogen and oxygen atoms in total. The van der Waals surface area contributed by atoms with Gasteiger partial charge in [0.25, 0.3) is 0 Å². The van der Waals surface area contributed by atoms with E-state index in [0.29, 0.717) is 17.1 Å². The molecule has 7 heteroatoms. The van der Waals surface area contributed by atoms with Crippen molar-refractivity contribution < 1.29 is 8.42 Å². The Morgan fingerprint density at radius 2 is 1.77 bits per heavy atom. The van der Waals surface area contributed by atoms with Crippen molar-refractivity contribution in [2.75, 3.05) is 13.1 Å². The Morgan fingerprint density at radius 1 is 1.03 bits per heavy atom. The summed E-state index contributed by atoms with van der Waals surface area (Å²) < 4.78 is 30.5. The van der Waals surface area contributed by atoms with Gasteiger partial charge in [-0.05, 0) is 41.3 Å². The molecule has 1 aliphatic rings. The summed E-state index contributed by atoms with van der Waals surface area (Å²) in [6, 6.07) is 19.5. The third-order valence-corrected chi connectivity index (χ3v) is 7.39. The Bertz CT molecular complexity index is 1130. The van der Waals surface area contributed by atoms with Crippen molar-refractivity contribution in [3.63, 3.8) is 0 Å². The van der Waals surface area contributed by atoms with E-state index >= 15 is 0 Å². The minimum Gasteiger partial charge on any atom is -0.353 e. The van der Waals surface area contributed by atoms with Crippen molar-refractivity contribution in [3.8, 4) is 0 Å². The summed E-state index contributed by atoms with van der Waals surface area (Å²) in [7, 11) is -1.53. The topological polar surface area (TPSA) is 54.3 Å². The van der Waals surface area contributed by atoms with Crippen LogP contribution in [0.15, 0.2) is 66.9 Å². The quantitative estimate of drug-likeness (QED) is 0.602. The number of aromatic nitrogens is 1. The predicted molar refractivity (Wildman–Crippen MR) is 121 cm³/mol. The molecule has 0 saturated heterocycles. The van der Waals surface area contributed by atoms with Gasteiger partial charge in [-0.25, -0.2) is 13.1 Å². The molecule has 0 bridgehead atoms. The number of halogens is 1. The summed E-state index contributed by atoms with van der Waals surface area (Å²) in [6.45, 7) is 2.00. The van der Waals surface area contributed by atoms with E-state index in [1.807, 2.05) is 19.3 Å². The second-order valence-electron chi connectivity index (χ2n) is 7.75. The molecule has 158 valence electrons. The fourth-order valence-corrected chi connectivity index (χ4v) is 5.56. The minimum absolute atomic E-state index is 0.0561. The lowest BCUT2D eigenvalue weighted by Crippen LogP contribution is -2.41. The molecule has 2 aromatic carbocycles. The molecule has 0 saturated carbocycles. The van der Waals surface area contributed by atoms with E-state index in [-0.39, 0.29) is 11.8 Å². The Hall–Kier alpha value is -2.12. The molecule has 1 unspecified atom stereocenters. The van der Waals surface area contributed by atoms with Crippen molar-refractivity contribution in [1.82, 2.24) is 14.2 Å². The molecular weight excluding hydrogens is 418 g/mol. The van der Waals surface area contributed by atoms with Crippen LogP contribution in [-0.2, 0) is 35.8 Å². The van der Waals surface area contributed by atoms with E-state index in [9.17, 15) is 8.42 Å². The number of nitrogens with one attached hydrogen (secondary N) is 1. The van der Waals surface area contributed by atoms with E-state index < -0.39 is 10.0 Å². The smallest absolute Gasteiger partial charge is 0.215 e. The first-order valence-electron chi connectivity index (χ1n) is 10.1. The molecule has 1 atom stereocenters. The Morgan fingerprint density at radius 3 is 2.50 bits per heavy atom. The number of fused-ring (bicyclic) bond motifs is 1. The molecule has 1 aliphatic heterocycles. The van der Waals surface area contributed by atoms with Crippen LogP contribution in [0.25, 0.3) is 0 Å². The van der Waals surface area contributed by atoms with Crippen LogP contribution in [0.1, 0.15) is 28.4 Å². The Kier molecular flexibility index (Phi) is 6.29. The highest BCUT2D eigenvalue weighted by Crippen LogP contribution is 2.28. The molecule has 2 heterocycles. The summed E-state index contributed by atoms with van der Waals surface area (Å²) in [5.74, 6) is -0.130. The Balaban J connectivity index is 1.53. The van der Waals surface area contributed by atoms with E-state index in [0.717, 1.165) is 25.2 Å². The fraction of sp³-hybridized carbons (Fsp3) is 0.304. The third-order valence-electron chi connectivity index (χ3n) is 5.73. The lowest BCUT2D eigenvalue weighted by molar-refractivity contribution is 0.174. The van der Waals surface area contributed by atoms with Crippen LogP contribution in [0.3, 0.4) is 0 Å². The molecule has 0 amide bonds. The fourth-order valence-electron chi connectivity index (χ4n) is 4.10. The van der Waals surface area contributed by atoms with Crippen LogP contribution in [0.4, 0.5) is 0 Å². The number of hydrogen-bond acceptors (Lipinski definition) is 3. The van der Waals surface area contributed by atoms with Crippen LogP contribution in [-0.4, -0.2) is 31.0 Å². The molecule has 4 rings (SSSR count). The first-order chi connectivity index (χ1) is 14.4. The van der Waals surface area contributed by atoms with Gasteiger partial charge in [-0.3, -0.25) is 4.90 Å². The number of rotatable bonds is 7. The average molecular weight is 444 g/mol. The summed E-state index contributed by atoms with van der Waals surface area (Å²) in [6.07, 6.45) is 2.96. The van der Waals surface area contributed by atoms with Crippen molar-refractivity contribution in [3.05, 3.63) is 94.3 Å². The maximum absolute atomic E-state index is 12.8. The maximum Gasteiger partial charge on any atom is 0.215 e. The van der Waals surface area contributed by atoms with Gasteiger partial charge in [-0.1, -0.05) is 54.1 Å². The number of hydrogen-bond donors (Lipinski definition) is 1. The molecule has 0 radical (unpaired) electrons. The standard InChI is InChI=1S/C23H26ClN3O2S/c1-26-13-6-11-22(26)23(27-14-12-18-7-2-3-8-19(18)16-27)15-25-30(28,29)17-20-9-4-5-10-21(20)24/h2-11,13,23,25H,12,14-17H2,1H3. The van der Waals surface area contributed by atoms with Crippen LogP contribution < -0.4 is 4.72 Å². The molecular formula is C23H26ClN3O2S. The largest absolute Gasteiger partial charge is 0.353 e. The lowest BCUT2D eigenvalue weighted by Gasteiger charge is -2.36. The van der Waals surface area contributed by atoms with Crippen LogP contribution >= 0.6 is 11.6 Å². The van der Waals surface area contributed by atoms with Gasteiger partial charge in [0.05, 0.1) is 11.8 Å². The van der Waals surface area contributed by atoms with Gasteiger partial charge in [0, 0.05) is 43.6 Å². The molecule has 0 fully saturated rings. The van der Waals surface area contributed by atoms with Crippen LogP contribution in [0.2, 0.25) is 5.02 Å². The highest BCUT2D eigenvalue weighted by atomic mass is 35.5. The van der Waals surface area contributed by atoms with Crippen molar-refractivity contribution in [2.45, 2.75) is 24.8 Å². The first kappa shape index (κ1) is 21.1. The number of sulfonamides is 1. The number of benzene rings is 2. The molecule has 1 N–H and O–H groups in total. The second-order valence-corrected chi connectivity index (χ2v) is 9.96. The highest BCUT2D eigenvalue weighted by Gasteiger charge is 2.27. The van der Waals surface area contributed by atoms with Gasteiger partial charge in [0.1, 0.15) is 0 Å². The van der Waals surface area contributed by atoms with E-state index in [2.05, 4.69) is 44.5 Å². The molecule has 0 aliphatic carbocycles. The second kappa shape index (κ2) is 8.94. The van der Waals surface area contributed by atoms with Crippen molar-refractivity contribution in [2.24, 2.45) is 7.05 Å². The lowest BCUT2D eigenvalue weighted by atomic mass is 9.98. The van der Waals surface area contributed by atoms with Gasteiger partial charge < -0.3 is 4.57 Å². The van der Waals surface area contributed by atoms with Crippen LogP contribution in [0, 0.1) is 0 Å². The van der Waals surface area contributed by atoms with Gasteiger partial charge in [0.15, 0.2) is 0 Å². The van der Waals surface area contributed by atoms with Crippen LogP contribution in [0.5, 0.6) is 0 Å². The number of nitrogens with zero attached hydrogens (tertiary/aromatic N) is 2. The normalized spacial score (nSPS) is 15.7. The zero-order valence-electron chi connectivity index (χ0n) is 17.0. The molecule has 3 aromatic rings. The predicted octanol–water partition coefficient (Wildman–Crippen LogP) is 3.90. The monoisotopic (exact) mass is 443 g/mol. The minimum atomic E-state index is -3.53. The van der Waals surface area contributed by atoms with Gasteiger partial charge >= 0.3 is 0 Å². The first-order valence-corrected chi connectivity index (χ1v) is 12.1. The zero-order valence-corrected chi connectivity index (χ0v) is 18.5. The summed E-state index contributed by atoms with van der Waals surface area (Å²) >= 11 is 6.16. The zero-order chi connectivity index (χ0) is 21.1. The Labute approximate surface area is 183 Å². The highest BCUT2D eigenvalue weighted by molar-refractivity contribution is 7.88. The third kappa shape index (κ3) is 4.78. The number of aryl methyl sites for hydroxylation is 1. The molecule has 1 aromatic heterocycles. The molecule has 30 heavy (non-hydrogen) atoms. The summed E-state index contributed by atoms with van der Waals surface area (Å²) in [5.41, 5.74) is 4.38. The average Bonchev–Trinajstić information content (AvgIpc) is 3.15. The van der Waals surface area contributed by atoms with E-state index in [4.69, 9.17) is 11.6 Å². The summed E-state index contributed by atoms with van der Waals surface area (Å²) in [4.78, 5) is 2.36. The van der Waals surface area contributed by atoms with Crippen molar-refractivity contribution >= 4 is 21.6 Å². The van der Waals surface area contributed by atoms with E-state index in [1.165, 1.54) is 11.1 Å². The van der Waals surface area contributed by atoms with Gasteiger partial charge in [-0.15, -0.1) is 0 Å². The van der Waals surface area contributed by atoms with Gasteiger partial charge in [0.2, 0.25) is 10.0 Å². The summed E-state index contributed by atoms with van der Waals surface area (Å²) in [5, 5.41) is 0.467. The molecule has 0 spiro atoms. The SMILES string of the molecule is Cn1cccc1C(CNS(=O)(=O)Cc1ccccc1Cl)N1CCc2ccccc2C1.